The maximum atomic E-state index is 12.3. The fraction of sp³-hybridized carbons (Fsp3) is 0.500. The van der Waals surface area contributed by atoms with Gasteiger partial charge in [-0.25, -0.2) is 0 Å². The number of nitrogens with zero attached hydrogens (tertiary/aromatic N) is 1. The van der Waals surface area contributed by atoms with Gasteiger partial charge >= 0.3 is 6.36 Å². The first-order valence-electron chi connectivity index (χ1n) is 6.76. The first-order valence-corrected chi connectivity index (χ1v) is 6.76. The zero-order chi connectivity index (χ0) is 15.3. The Morgan fingerprint density at radius 3 is 2.55 bits per heavy atom. The van der Waals surface area contributed by atoms with Crippen molar-refractivity contribution < 1.29 is 17.9 Å². The van der Waals surface area contributed by atoms with Crippen molar-refractivity contribution in [2.24, 2.45) is 10.9 Å². The van der Waals surface area contributed by atoms with Gasteiger partial charge in [-0.15, -0.1) is 37.1 Å². The Balaban J connectivity index is 0.00000242. The summed E-state index contributed by atoms with van der Waals surface area (Å²) in [4.78, 5) is 4.04. The Morgan fingerprint density at radius 2 is 1.95 bits per heavy atom. The molecule has 0 radical (unpaired) electrons. The normalized spacial score (nSPS) is 15.0. The molecule has 2 rings (SSSR count). The molecule has 0 heterocycles. The van der Waals surface area contributed by atoms with E-state index in [4.69, 9.17) is 0 Å². The van der Waals surface area contributed by atoms with E-state index in [1.54, 1.807) is 19.2 Å². The zero-order valence-corrected chi connectivity index (χ0v) is 14.4. The van der Waals surface area contributed by atoms with Crippen molar-refractivity contribution in [3.8, 4) is 5.75 Å². The third kappa shape index (κ3) is 6.71. The third-order valence-corrected chi connectivity index (χ3v) is 3.12. The first-order chi connectivity index (χ1) is 9.98. The highest BCUT2D eigenvalue weighted by molar-refractivity contribution is 14.0. The number of halogens is 4. The lowest BCUT2D eigenvalue weighted by molar-refractivity contribution is -0.274. The summed E-state index contributed by atoms with van der Waals surface area (Å²) in [5.74, 6) is 1.06. The molecule has 1 saturated carbocycles. The van der Waals surface area contributed by atoms with Gasteiger partial charge in [-0.2, -0.15) is 0 Å². The van der Waals surface area contributed by atoms with Gasteiger partial charge in [0, 0.05) is 25.7 Å². The van der Waals surface area contributed by atoms with Crippen molar-refractivity contribution in [2.75, 3.05) is 13.6 Å². The maximum Gasteiger partial charge on any atom is 0.573 e. The molecule has 8 heteroatoms. The Morgan fingerprint density at radius 1 is 1.27 bits per heavy atom. The van der Waals surface area contributed by atoms with Gasteiger partial charge in [0.15, 0.2) is 5.96 Å². The Labute approximate surface area is 144 Å². The van der Waals surface area contributed by atoms with Crippen LogP contribution in [0.1, 0.15) is 18.4 Å². The molecule has 22 heavy (non-hydrogen) atoms. The Kier molecular flexibility index (Phi) is 7.24. The molecule has 0 saturated heterocycles. The fourth-order valence-corrected chi connectivity index (χ4v) is 1.84. The molecule has 0 amide bonds. The van der Waals surface area contributed by atoms with Crippen LogP contribution in [0.25, 0.3) is 0 Å². The summed E-state index contributed by atoms with van der Waals surface area (Å²) < 4.78 is 41.0. The molecule has 0 aliphatic heterocycles. The molecule has 1 aromatic carbocycles. The molecule has 2 N–H and O–H groups in total. The van der Waals surface area contributed by atoms with Gasteiger partial charge in [-0.3, -0.25) is 4.99 Å². The van der Waals surface area contributed by atoms with Gasteiger partial charge in [0.1, 0.15) is 5.75 Å². The number of aliphatic imine (C=N–C) groups is 1. The number of nitrogens with one attached hydrogen (secondary N) is 2. The van der Waals surface area contributed by atoms with E-state index in [1.807, 2.05) is 0 Å². The largest absolute Gasteiger partial charge is 0.573 e. The Bertz CT molecular complexity index is 504. The molecule has 1 aliphatic rings. The topological polar surface area (TPSA) is 45.7 Å². The van der Waals surface area contributed by atoms with Crippen molar-refractivity contribution in [3.63, 3.8) is 0 Å². The summed E-state index contributed by atoms with van der Waals surface area (Å²) in [6.45, 7) is 1.04. The van der Waals surface area contributed by atoms with Gasteiger partial charge in [-0.05, 0) is 24.8 Å². The van der Waals surface area contributed by atoms with Crippen LogP contribution in [-0.4, -0.2) is 25.9 Å². The quantitative estimate of drug-likeness (QED) is 0.429. The second kappa shape index (κ2) is 8.44. The summed E-state index contributed by atoms with van der Waals surface area (Å²) >= 11 is 0. The molecule has 0 unspecified atom stereocenters. The number of benzene rings is 1. The number of guanidine groups is 1. The number of ether oxygens (including phenoxy) is 1. The highest BCUT2D eigenvalue weighted by Crippen LogP contribution is 2.27. The predicted octanol–water partition coefficient (Wildman–Crippen LogP) is 3.28. The van der Waals surface area contributed by atoms with E-state index in [-0.39, 0.29) is 36.3 Å². The van der Waals surface area contributed by atoms with Crippen LogP contribution < -0.4 is 15.4 Å². The number of rotatable bonds is 5. The number of para-hydroxylation sites is 1. The van der Waals surface area contributed by atoms with Gasteiger partial charge in [-0.1, -0.05) is 18.2 Å². The van der Waals surface area contributed by atoms with Crippen LogP contribution in [0.15, 0.2) is 29.3 Å². The van der Waals surface area contributed by atoms with Gasteiger partial charge < -0.3 is 15.4 Å². The van der Waals surface area contributed by atoms with E-state index >= 15 is 0 Å². The molecule has 124 valence electrons. The van der Waals surface area contributed by atoms with E-state index in [1.165, 1.54) is 25.0 Å². The van der Waals surface area contributed by atoms with Crippen LogP contribution >= 0.6 is 24.0 Å². The minimum atomic E-state index is -4.69. The first kappa shape index (κ1) is 18.9. The SMILES string of the molecule is CN=C(NCc1ccccc1OC(F)(F)F)NCC1CC1.I. The number of hydrogen-bond acceptors (Lipinski definition) is 2. The van der Waals surface area contributed by atoms with E-state index in [9.17, 15) is 13.2 Å². The van der Waals surface area contributed by atoms with E-state index in [2.05, 4.69) is 20.4 Å². The van der Waals surface area contributed by atoms with Crippen molar-refractivity contribution in [3.05, 3.63) is 29.8 Å². The number of hydrogen-bond donors (Lipinski definition) is 2. The molecule has 1 aromatic rings. The van der Waals surface area contributed by atoms with E-state index in [0.29, 0.717) is 17.4 Å². The van der Waals surface area contributed by atoms with Gasteiger partial charge in [0.25, 0.3) is 0 Å². The smallest absolute Gasteiger partial charge is 0.405 e. The second-order valence-electron chi connectivity index (χ2n) is 4.91. The van der Waals surface area contributed by atoms with Crippen molar-refractivity contribution in [1.82, 2.24) is 10.6 Å². The van der Waals surface area contributed by atoms with Crippen LogP contribution in [0, 0.1) is 5.92 Å². The zero-order valence-electron chi connectivity index (χ0n) is 12.1. The average molecular weight is 429 g/mol. The molecule has 0 bridgehead atoms. The lowest BCUT2D eigenvalue weighted by atomic mass is 10.2. The minimum absolute atomic E-state index is 0. The predicted molar refractivity (Wildman–Crippen MR) is 89.5 cm³/mol. The molecule has 0 atom stereocenters. The van der Waals surface area contributed by atoms with Crippen LogP contribution in [0.3, 0.4) is 0 Å². The summed E-state index contributed by atoms with van der Waals surface area (Å²) in [5.41, 5.74) is 0.421. The van der Waals surface area contributed by atoms with Crippen molar-refractivity contribution in [1.29, 1.82) is 0 Å². The lowest BCUT2D eigenvalue weighted by Gasteiger charge is -2.15. The van der Waals surface area contributed by atoms with Crippen molar-refractivity contribution >= 4 is 29.9 Å². The van der Waals surface area contributed by atoms with Gasteiger partial charge in [0.2, 0.25) is 0 Å². The highest BCUT2D eigenvalue weighted by atomic mass is 127. The van der Waals surface area contributed by atoms with E-state index in [0.717, 1.165) is 6.54 Å². The molecule has 1 fully saturated rings. The fourth-order valence-electron chi connectivity index (χ4n) is 1.84. The summed E-state index contributed by atoms with van der Waals surface area (Å²) in [6, 6.07) is 6.05. The van der Waals surface area contributed by atoms with Crippen LogP contribution in [0.2, 0.25) is 0 Å². The maximum absolute atomic E-state index is 12.3. The van der Waals surface area contributed by atoms with Crippen molar-refractivity contribution in [2.45, 2.75) is 25.7 Å². The average Bonchev–Trinajstić information content (AvgIpc) is 3.23. The standard InChI is InChI=1S/C14H18F3N3O.HI/c1-18-13(19-8-10-6-7-10)20-9-11-4-2-3-5-12(11)21-14(15,16)17;/h2-5,10H,6-9H2,1H3,(H2,18,19,20);1H. The molecule has 4 nitrogen and oxygen atoms in total. The molecule has 0 spiro atoms. The molecule has 1 aliphatic carbocycles. The molecular formula is C14H19F3IN3O. The third-order valence-electron chi connectivity index (χ3n) is 3.12. The van der Waals surface area contributed by atoms with Gasteiger partial charge in [0.05, 0.1) is 0 Å². The van der Waals surface area contributed by atoms with Crippen LogP contribution in [0.5, 0.6) is 5.75 Å². The van der Waals surface area contributed by atoms with Crippen LogP contribution in [-0.2, 0) is 6.54 Å². The monoisotopic (exact) mass is 429 g/mol. The second-order valence-corrected chi connectivity index (χ2v) is 4.91. The lowest BCUT2D eigenvalue weighted by Crippen LogP contribution is -2.38. The molecular weight excluding hydrogens is 410 g/mol. The highest BCUT2D eigenvalue weighted by Gasteiger charge is 2.31. The minimum Gasteiger partial charge on any atom is -0.405 e. The van der Waals surface area contributed by atoms with Crippen LogP contribution in [0.4, 0.5) is 13.2 Å². The summed E-state index contributed by atoms with van der Waals surface area (Å²) in [7, 11) is 1.63. The summed E-state index contributed by atoms with van der Waals surface area (Å²) in [5, 5.41) is 6.13. The molecule has 0 aromatic heterocycles. The van der Waals surface area contributed by atoms with E-state index < -0.39 is 6.36 Å². The summed E-state index contributed by atoms with van der Waals surface area (Å²) in [6.07, 6.45) is -2.26. The number of alkyl halides is 3. The Hall–Kier alpha value is -1.19.